The average Bonchev–Trinajstić information content (AvgIpc) is 3.01. The normalized spacial score (nSPS) is 16.7. The van der Waals surface area contributed by atoms with Crippen LogP contribution < -0.4 is 9.47 Å². The summed E-state index contributed by atoms with van der Waals surface area (Å²) in [5, 5.41) is 4.66. The molecule has 0 radical (unpaired) electrons. The first-order valence-electron chi connectivity index (χ1n) is 11.3. The van der Waals surface area contributed by atoms with Crippen LogP contribution in [0.5, 0.6) is 11.5 Å². The van der Waals surface area contributed by atoms with E-state index in [1.165, 1.54) is 5.56 Å². The van der Waals surface area contributed by atoms with Gasteiger partial charge >= 0.3 is 0 Å². The van der Waals surface area contributed by atoms with Crippen molar-refractivity contribution in [3.63, 3.8) is 0 Å². The van der Waals surface area contributed by atoms with E-state index >= 15 is 0 Å². The van der Waals surface area contributed by atoms with Gasteiger partial charge in [-0.3, -0.25) is 14.4 Å². The average molecular weight is 427 g/mol. The minimum atomic E-state index is 0.203. The van der Waals surface area contributed by atoms with Crippen LogP contribution in [0.2, 0.25) is 0 Å². The summed E-state index contributed by atoms with van der Waals surface area (Å²) in [6, 6.07) is 6.17. The smallest absolute Gasteiger partial charge is 0.227 e. The van der Waals surface area contributed by atoms with Gasteiger partial charge in [0.05, 0.1) is 12.1 Å². The molecule has 2 aliphatic rings. The molecular weight excluding hydrogens is 392 g/mol. The first kappa shape index (κ1) is 21.7. The van der Waals surface area contributed by atoms with Crippen LogP contribution in [0.3, 0.4) is 0 Å². The second-order valence-electron chi connectivity index (χ2n) is 9.04. The third kappa shape index (κ3) is 5.03. The summed E-state index contributed by atoms with van der Waals surface area (Å²) in [6.07, 6.45) is 0.442. The highest BCUT2D eigenvalue weighted by Crippen LogP contribution is 2.31. The highest BCUT2D eigenvalue weighted by atomic mass is 16.6. The number of piperazine rings is 1. The molecule has 7 heteroatoms. The van der Waals surface area contributed by atoms with Crippen LogP contribution >= 0.6 is 0 Å². The number of ether oxygens (including phenoxy) is 2. The first-order chi connectivity index (χ1) is 14.9. The molecular formula is C24H34N4O3. The van der Waals surface area contributed by atoms with Gasteiger partial charge in [0.2, 0.25) is 5.91 Å². The molecule has 0 bridgehead atoms. The van der Waals surface area contributed by atoms with E-state index in [0.717, 1.165) is 67.7 Å². The van der Waals surface area contributed by atoms with Gasteiger partial charge in [0.25, 0.3) is 0 Å². The molecule has 31 heavy (non-hydrogen) atoms. The van der Waals surface area contributed by atoms with Gasteiger partial charge in [0, 0.05) is 50.5 Å². The largest absolute Gasteiger partial charge is 0.486 e. The van der Waals surface area contributed by atoms with Crippen molar-refractivity contribution in [2.45, 2.75) is 47.2 Å². The first-order valence-corrected chi connectivity index (χ1v) is 11.3. The van der Waals surface area contributed by atoms with E-state index in [0.29, 0.717) is 25.6 Å². The zero-order chi connectivity index (χ0) is 22.0. The second-order valence-corrected chi connectivity index (χ2v) is 9.04. The monoisotopic (exact) mass is 426 g/mol. The van der Waals surface area contributed by atoms with Crippen LogP contribution in [0.15, 0.2) is 18.2 Å². The number of rotatable bonds is 6. The number of aromatic nitrogens is 2. The molecule has 1 amide bonds. The minimum absolute atomic E-state index is 0.203. The van der Waals surface area contributed by atoms with Crippen molar-refractivity contribution in [2.75, 3.05) is 39.4 Å². The molecule has 1 aromatic heterocycles. The lowest BCUT2D eigenvalue weighted by molar-refractivity contribution is -0.132. The molecule has 0 spiro atoms. The number of amides is 1. The van der Waals surface area contributed by atoms with Crippen LogP contribution in [0.25, 0.3) is 0 Å². The quantitative estimate of drug-likeness (QED) is 0.711. The summed E-state index contributed by atoms with van der Waals surface area (Å²) in [4.78, 5) is 17.4. The Labute approximate surface area is 184 Å². The van der Waals surface area contributed by atoms with E-state index in [1.54, 1.807) is 0 Å². The van der Waals surface area contributed by atoms with Gasteiger partial charge < -0.3 is 14.4 Å². The van der Waals surface area contributed by atoms with E-state index in [9.17, 15) is 4.79 Å². The van der Waals surface area contributed by atoms with Crippen LogP contribution in [0, 0.1) is 19.8 Å². The Morgan fingerprint density at radius 2 is 1.77 bits per heavy atom. The summed E-state index contributed by atoms with van der Waals surface area (Å²) in [5.74, 6) is 2.40. The maximum Gasteiger partial charge on any atom is 0.227 e. The number of nitrogens with zero attached hydrogens (tertiary/aromatic N) is 4. The molecule has 0 saturated carbocycles. The number of hydrogen-bond acceptors (Lipinski definition) is 5. The highest BCUT2D eigenvalue weighted by molar-refractivity contribution is 5.79. The Kier molecular flexibility index (Phi) is 6.51. The van der Waals surface area contributed by atoms with Crippen molar-refractivity contribution in [2.24, 2.45) is 5.92 Å². The summed E-state index contributed by atoms with van der Waals surface area (Å²) < 4.78 is 13.4. The van der Waals surface area contributed by atoms with Crippen molar-refractivity contribution in [1.29, 1.82) is 0 Å². The highest BCUT2D eigenvalue weighted by Gasteiger charge is 2.24. The molecule has 0 unspecified atom stereocenters. The van der Waals surface area contributed by atoms with Gasteiger partial charge in [-0.15, -0.1) is 0 Å². The molecule has 2 aliphatic heterocycles. The summed E-state index contributed by atoms with van der Waals surface area (Å²) in [5.41, 5.74) is 4.40. The number of carbonyl (C=O) groups is 1. The molecule has 1 aromatic carbocycles. The predicted octanol–water partition coefficient (Wildman–Crippen LogP) is 2.81. The van der Waals surface area contributed by atoms with Crippen molar-refractivity contribution < 1.29 is 14.3 Å². The molecule has 3 heterocycles. The van der Waals surface area contributed by atoms with E-state index in [2.05, 4.69) is 42.9 Å². The molecule has 0 atom stereocenters. The van der Waals surface area contributed by atoms with E-state index < -0.39 is 0 Å². The van der Waals surface area contributed by atoms with Gasteiger partial charge in [-0.2, -0.15) is 5.10 Å². The molecule has 2 aromatic rings. The van der Waals surface area contributed by atoms with Crippen LogP contribution in [0.4, 0.5) is 0 Å². The molecule has 0 aliphatic carbocycles. The summed E-state index contributed by atoms with van der Waals surface area (Å²) in [7, 11) is 0. The maximum atomic E-state index is 13.0. The van der Waals surface area contributed by atoms with Crippen LogP contribution in [-0.2, 0) is 24.3 Å². The second kappa shape index (κ2) is 9.30. The van der Waals surface area contributed by atoms with Gasteiger partial charge in [-0.05, 0) is 37.5 Å². The Hall–Kier alpha value is -2.54. The predicted molar refractivity (Wildman–Crippen MR) is 120 cm³/mol. The molecule has 4 rings (SSSR count). The molecule has 0 N–H and O–H groups in total. The van der Waals surface area contributed by atoms with Crippen LogP contribution in [0.1, 0.15) is 36.4 Å². The van der Waals surface area contributed by atoms with E-state index in [-0.39, 0.29) is 5.91 Å². The lowest BCUT2D eigenvalue weighted by atomic mass is 10.1. The van der Waals surface area contributed by atoms with E-state index in [4.69, 9.17) is 9.47 Å². The van der Waals surface area contributed by atoms with Crippen molar-refractivity contribution in [1.82, 2.24) is 19.6 Å². The minimum Gasteiger partial charge on any atom is -0.486 e. The fourth-order valence-corrected chi connectivity index (χ4v) is 4.38. The molecule has 1 saturated heterocycles. The lowest BCUT2D eigenvalue weighted by Gasteiger charge is -2.35. The van der Waals surface area contributed by atoms with Gasteiger partial charge in [-0.1, -0.05) is 19.9 Å². The van der Waals surface area contributed by atoms with E-state index in [1.807, 2.05) is 22.6 Å². The maximum absolute atomic E-state index is 13.0. The Bertz CT molecular complexity index is 929. The number of carbonyl (C=O) groups excluding carboxylic acids is 1. The number of fused-ring (bicyclic) bond motifs is 1. The van der Waals surface area contributed by atoms with Crippen LogP contribution in [-0.4, -0.2) is 64.9 Å². The number of aryl methyl sites for hydroxylation is 1. The van der Waals surface area contributed by atoms with Crippen molar-refractivity contribution in [3.05, 3.63) is 40.7 Å². The fraction of sp³-hybridized carbons (Fsp3) is 0.583. The molecule has 7 nitrogen and oxygen atoms in total. The number of benzene rings is 1. The summed E-state index contributed by atoms with van der Waals surface area (Å²) in [6.45, 7) is 14.7. The van der Waals surface area contributed by atoms with Gasteiger partial charge in [0.1, 0.15) is 13.2 Å². The topological polar surface area (TPSA) is 59.8 Å². The molecule has 1 fully saturated rings. The zero-order valence-electron chi connectivity index (χ0n) is 19.2. The van der Waals surface area contributed by atoms with Crippen molar-refractivity contribution in [3.8, 4) is 11.5 Å². The summed E-state index contributed by atoms with van der Waals surface area (Å²) >= 11 is 0. The third-order valence-electron chi connectivity index (χ3n) is 6.14. The third-order valence-corrected chi connectivity index (χ3v) is 6.14. The molecule has 168 valence electrons. The fourth-order valence-electron chi connectivity index (χ4n) is 4.38. The zero-order valence-corrected chi connectivity index (χ0v) is 19.2. The Morgan fingerprint density at radius 3 is 2.48 bits per heavy atom. The van der Waals surface area contributed by atoms with Gasteiger partial charge in [0.15, 0.2) is 11.5 Å². The standard InChI is InChI=1S/C24H34N4O3/c1-17(2)15-28-19(4)21(18(3)25-28)14-24(29)27-9-7-26(8-10-27)16-20-5-6-22-23(13-20)31-12-11-30-22/h5-6,13,17H,7-12,14-16H2,1-4H3. The van der Waals surface area contributed by atoms with Crippen molar-refractivity contribution >= 4 is 5.91 Å². The van der Waals surface area contributed by atoms with Gasteiger partial charge in [-0.25, -0.2) is 0 Å². The Balaban J connectivity index is 1.31. The number of hydrogen-bond donors (Lipinski definition) is 0. The Morgan fingerprint density at radius 1 is 1.06 bits per heavy atom. The SMILES string of the molecule is Cc1nn(CC(C)C)c(C)c1CC(=O)N1CCN(Cc2ccc3c(c2)OCCO3)CC1. The lowest BCUT2D eigenvalue weighted by Crippen LogP contribution is -2.48.